The van der Waals surface area contributed by atoms with E-state index in [1.54, 1.807) is 12.1 Å². The lowest BCUT2D eigenvalue weighted by Crippen LogP contribution is -2.20. The summed E-state index contributed by atoms with van der Waals surface area (Å²) in [7, 11) is 0. The number of carbonyl (C=O) groups excluding carboxylic acids is 3. The molecule has 1 unspecified atom stereocenters. The average molecular weight is 250 g/mol. The molecule has 1 rings (SSSR count). The lowest BCUT2D eigenvalue weighted by molar-refractivity contribution is -0.127. The molecule has 1 aromatic rings. The number of hydrogen-bond donors (Lipinski definition) is 2. The van der Waals surface area contributed by atoms with E-state index in [-0.39, 0.29) is 12.4 Å². The second-order valence-electron chi connectivity index (χ2n) is 3.71. The van der Waals surface area contributed by atoms with Gasteiger partial charge in [-0.2, -0.15) is 0 Å². The van der Waals surface area contributed by atoms with E-state index < -0.39 is 11.8 Å². The predicted molar refractivity (Wildman–Crippen MR) is 64.8 cm³/mol. The molecule has 0 saturated carbocycles. The summed E-state index contributed by atoms with van der Waals surface area (Å²) in [4.78, 5) is 37.3. The first-order valence-electron chi connectivity index (χ1n) is 5.28. The van der Waals surface area contributed by atoms with Gasteiger partial charge in [-0.05, 0) is 31.2 Å². The van der Waals surface area contributed by atoms with Crippen LogP contribution >= 0.6 is 0 Å². The Morgan fingerprint density at radius 1 is 1.39 bits per heavy atom. The third-order valence-electron chi connectivity index (χ3n) is 2.31. The summed E-state index contributed by atoms with van der Waals surface area (Å²) in [5, 5.41) is 0. The van der Waals surface area contributed by atoms with Crippen molar-refractivity contribution >= 4 is 23.7 Å². The van der Waals surface area contributed by atoms with Crippen LogP contribution in [0.15, 0.2) is 24.3 Å². The molecule has 0 fully saturated rings. The Morgan fingerprint density at radius 3 is 2.44 bits per heavy atom. The summed E-state index contributed by atoms with van der Waals surface area (Å²) in [5.74, 6) is -1.54. The number of nitrogens with two attached hydrogens (primary N) is 1. The molecular formula is C12H14N2O4. The Balaban J connectivity index is 2.46. The number of benzene rings is 1. The van der Waals surface area contributed by atoms with Crippen LogP contribution in [-0.4, -0.2) is 24.6 Å². The Labute approximate surface area is 104 Å². The highest BCUT2D eigenvalue weighted by molar-refractivity contribution is 5.93. The Morgan fingerprint density at radius 2 is 2.00 bits per heavy atom. The molecule has 1 aromatic carbocycles. The number of Topliss-reactive ketones (excluding diaryl/α,β-unsaturated/α-hetero) is 1. The first kappa shape index (κ1) is 13.9. The van der Waals surface area contributed by atoms with Crippen molar-refractivity contribution in [1.82, 2.24) is 0 Å². The van der Waals surface area contributed by atoms with E-state index in [1.165, 1.54) is 19.1 Å². The summed E-state index contributed by atoms with van der Waals surface area (Å²) >= 11 is 0. The number of primary amides is 1. The van der Waals surface area contributed by atoms with Crippen LogP contribution in [0.5, 0.6) is 0 Å². The Bertz CT molecular complexity index is 442. The van der Waals surface area contributed by atoms with Crippen LogP contribution in [0.4, 0.5) is 5.69 Å². The van der Waals surface area contributed by atoms with Crippen LogP contribution in [0.1, 0.15) is 17.3 Å². The van der Waals surface area contributed by atoms with Gasteiger partial charge in [0.2, 0.25) is 5.91 Å². The highest BCUT2D eigenvalue weighted by Gasteiger charge is 2.12. The molecule has 0 heterocycles. The molecule has 96 valence electrons. The van der Waals surface area contributed by atoms with Crippen molar-refractivity contribution in [3.8, 4) is 0 Å². The molecule has 18 heavy (non-hydrogen) atoms. The van der Waals surface area contributed by atoms with E-state index >= 15 is 0 Å². The van der Waals surface area contributed by atoms with Gasteiger partial charge in [0.05, 0.1) is 18.2 Å². The number of hydrogen-bond acceptors (Lipinski definition) is 5. The average Bonchev–Trinajstić information content (AvgIpc) is 2.34. The van der Waals surface area contributed by atoms with Gasteiger partial charge in [-0.15, -0.1) is 0 Å². The number of aldehydes is 1. The number of amides is 1. The Hall–Kier alpha value is -2.21. The lowest BCUT2D eigenvalue weighted by Gasteiger charge is -2.09. The number of carbonyl (C=O) groups is 3. The van der Waals surface area contributed by atoms with Crippen molar-refractivity contribution in [1.29, 1.82) is 0 Å². The van der Waals surface area contributed by atoms with E-state index in [0.29, 0.717) is 17.5 Å². The zero-order chi connectivity index (χ0) is 13.5. The van der Waals surface area contributed by atoms with Gasteiger partial charge in [0.1, 0.15) is 12.1 Å². The van der Waals surface area contributed by atoms with Crippen molar-refractivity contribution in [2.24, 2.45) is 11.7 Å². The van der Waals surface area contributed by atoms with Gasteiger partial charge in [-0.25, -0.2) is 0 Å². The van der Waals surface area contributed by atoms with Crippen molar-refractivity contribution in [3.63, 3.8) is 0 Å². The summed E-state index contributed by atoms with van der Waals surface area (Å²) < 4.78 is 0. The molecule has 0 aliphatic rings. The van der Waals surface area contributed by atoms with Gasteiger partial charge in [-0.3, -0.25) is 19.9 Å². The highest BCUT2D eigenvalue weighted by Crippen LogP contribution is 2.09. The van der Waals surface area contributed by atoms with E-state index in [9.17, 15) is 14.4 Å². The normalized spacial score (nSPS) is 11.6. The zero-order valence-corrected chi connectivity index (χ0v) is 9.88. The van der Waals surface area contributed by atoms with Crippen LogP contribution < -0.4 is 11.2 Å². The molecule has 0 saturated heterocycles. The van der Waals surface area contributed by atoms with Crippen LogP contribution in [0, 0.1) is 5.92 Å². The summed E-state index contributed by atoms with van der Waals surface area (Å²) in [6, 6.07) is 6.28. The minimum absolute atomic E-state index is 0.0452. The molecule has 1 amide bonds. The molecule has 0 aromatic heterocycles. The topological polar surface area (TPSA) is 98.5 Å². The molecule has 1 atom stereocenters. The summed E-state index contributed by atoms with van der Waals surface area (Å²) in [6.07, 6.45) is 0.542. The van der Waals surface area contributed by atoms with Crippen molar-refractivity contribution in [2.75, 3.05) is 12.1 Å². The largest absolute Gasteiger partial charge is 0.366 e. The van der Waals surface area contributed by atoms with Crippen LogP contribution in [0.3, 0.4) is 0 Å². The smallest absolute Gasteiger partial charge is 0.248 e. The van der Waals surface area contributed by atoms with Crippen molar-refractivity contribution in [2.45, 2.75) is 6.92 Å². The predicted octanol–water partition coefficient (Wildman–Crippen LogP) is 0.533. The number of ketones is 1. The fourth-order valence-electron chi connectivity index (χ4n) is 1.17. The van der Waals surface area contributed by atoms with E-state index in [2.05, 4.69) is 5.48 Å². The van der Waals surface area contributed by atoms with Crippen LogP contribution in [-0.2, 0) is 14.4 Å². The number of nitrogens with one attached hydrogen (secondary N) is 1. The minimum atomic E-state index is -0.776. The molecule has 0 bridgehead atoms. The quantitative estimate of drug-likeness (QED) is 0.418. The molecule has 0 aliphatic carbocycles. The minimum Gasteiger partial charge on any atom is -0.366 e. The molecule has 0 aliphatic heterocycles. The first-order chi connectivity index (χ1) is 8.54. The lowest BCUT2D eigenvalue weighted by atomic mass is 10.1. The second kappa shape index (κ2) is 6.51. The molecular weight excluding hydrogens is 236 g/mol. The van der Waals surface area contributed by atoms with Gasteiger partial charge in [0.25, 0.3) is 0 Å². The maximum absolute atomic E-state index is 10.9. The van der Waals surface area contributed by atoms with Gasteiger partial charge in [0.15, 0.2) is 0 Å². The first-order valence-corrected chi connectivity index (χ1v) is 5.28. The highest BCUT2D eigenvalue weighted by atomic mass is 16.6. The monoisotopic (exact) mass is 250 g/mol. The summed E-state index contributed by atoms with van der Waals surface area (Å²) in [6.45, 7) is 1.28. The Kier molecular flexibility index (Phi) is 5.01. The van der Waals surface area contributed by atoms with Gasteiger partial charge >= 0.3 is 0 Å². The van der Waals surface area contributed by atoms with E-state index in [4.69, 9.17) is 10.6 Å². The SMILES string of the molecule is CC(=O)C(C=O)CONc1ccc(C(N)=O)cc1. The molecule has 3 N–H and O–H groups in total. The van der Waals surface area contributed by atoms with E-state index in [0.717, 1.165) is 0 Å². The third kappa shape index (κ3) is 3.99. The third-order valence-corrected chi connectivity index (χ3v) is 2.31. The number of anilines is 1. The molecule has 0 spiro atoms. The molecule has 0 radical (unpaired) electrons. The van der Waals surface area contributed by atoms with Gasteiger partial charge < -0.3 is 10.5 Å². The fourth-order valence-corrected chi connectivity index (χ4v) is 1.17. The molecule has 6 heteroatoms. The summed E-state index contributed by atoms with van der Waals surface area (Å²) in [5.41, 5.74) is 8.63. The van der Waals surface area contributed by atoms with Crippen LogP contribution in [0.2, 0.25) is 0 Å². The zero-order valence-electron chi connectivity index (χ0n) is 9.88. The fraction of sp³-hybridized carbons (Fsp3) is 0.250. The van der Waals surface area contributed by atoms with Gasteiger partial charge in [0, 0.05) is 5.56 Å². The number of rotatable bonds is 7. The second-order valence-corrected chi connectivity index (χ2v) is 3.71. The molecule has 6 nitrogen and oxygen atoms in total. The maximum atomic E-state index is 10.9. The standard InChI is InChI=1S/C12H14N2O4/c1-8(16)10(6-15)7-18-14-11-4-2-9(3-5-11)12(13)17/h2-6,10,14H,7H2,1H3,(H2,13,17). The van der Waals surface area contributed by atoms with Crippen molar-refractivity contribution < 1.29 is 19.2 Å². The van der Waals surface area contributed by atoms with Crippen LogP contribution in [0.25, 0.3) is 0 Å². The maximum Gasteiger partial charge on any atom is 0.248 e. The van der Waals surface area contributed by atoms with E-state index in [1.807, 2.05) is 0 Å². The van der Waals surface area contributed by atoms with Gasteiger partial charge in [-0.1, -0.05) is 0 Å². The van der Waals surface area contributed by atoms with Crippen molar-refractivity contribution in [3.05, 3.63) is 29.8 Å².